The van der Waals surface area contributed by atoms with E-state index in [9.17, 15) is 0 Å². The molecule has 3 heterocycles. The Morgan fingerprint density at radius 2 is 0.351 bits per heavy atom. The molecule has 3 heteroatoms. The fourth-order valence-electron chi connectivity index (χ4n) is 25.8. The van der Waals surface area contributed by atoms with Crippen LogP contribution in [0.3, 0.4) is 0 Å². The van der Waals surface area contributed by atoms with Gasteiger partial charge in [-0.2, -0.15) is 0 Å². The summed E-state index contributed by atoms with van der Waals surface area (Å²) in [6.07, 6.45) is 0. The summed E-state index contributed by atoms with van der Waals surface area (Å²) in [7, 11) is 0. The van der Waals surface area contributed by atoms with Crippen LogP contribution in [0.1, 0.15) is 139 Å². The van der Waals surface area contributed by atoms with Crippen LogP contribution in [-0.2, 0) is 0 Å². The van der Waals surface area contributed by atoms with Crippen molar-refractivity contribution in [2.24, 2.45) is 0 Å². The molecule has 0 unspecified atom stereocenters. The molecule has 0 fully saturated rings. The molecule has 26 aromatic rings. The van der Waals surface area contributed by atoms with Gasteiger partial charge in [-0.3, -0.25) is 0 Å². The molecule has 0 amide bonds. The Balaban J connectivity index is 0.000000119. The van der Waals surface area contributed by atoms with Gasteiger partial charge >= 0.3 is 0 Å². The fraction of sp³-hybridized carbons (Fsp3) is 0.172. The van der Waals surface area contributed by atoms with E-state index >= 15 is 0 Å². The topological polar surface area (TPSA) is 39.4 Å². The van der Waals surface area contributed by atoms with E-state index < -0.39 is 0 Å². The molecule has 722 valence electrons. The SMILES string of the molecule is Cc1c(C)c(C)c2c(-c3cc(-c4ccccc4)c4oc5cc6ccccc6cc5c4c3)c3c(C)c(C)c(C)c(C)c3c(-c3ccccc3)c2c1C.Cc1c(C)c(C)c2c(-c3cc(C)c4oc5cc6ccccc6cc5c4c3)c3c(C)c(C)c(C)c(C)c3c(-c3ccccc3)c2c1C.Cc1c(C)c(C)c2c(-c3cccc(-c4ccc5oc6cc7ccccc7cc6c5c4)c3)c3c(C)c(C)c(C)c(C)c3c(-c3ccccc3)c2c1C. The number of furan rings is 3. The summed E-state index contributed by atoms with van der Waals surface area (Å²) in [4.78, 5) is 0. The van der Waals surface area contributed by atoms with Crippen molar-refractivity contribution in [1.82, 2.24) is 0 Å². The molecule has 0 aliphatic rings. The van der Waals surface area contributed by atoms with Crippen LogP contribution < -0.4 is 0 Å². The zero-order chi connectivity index (χ0) is 103. The van der Waals surface area contributed by atoms with Gasteiger partial charge in [0.25, 0.3) is 0 Å². The molecule has 0 aliphatic heterocycles. The van der Waals surface area contributed by atoms with Crippen molar-refractivity contribution >= 4 is 163 Å². The first-order chi connectivity index (χ1) is 71.4. The smallest absolute Gasteiger partial charge is 0.143 e. The highest BCUT2D eigenvalue weighted by Crippen LogP contribution is 2.58. The summed E-state index contributed by atoms with van der Waals surface area (Å²) in [6, 6.07) is 109. The maximum absolute atomic E-state index is 6.84. The molecule has 0 N–H and O–H groups in total. The zero-order valence-electron chi connectivity index (χ0n) is 90.0. The molecule has 0 aliphatic carbocycles. The number of benzene rings is 23. The number of hydrogen-bond donors (Lipinski definition) is 0. The van der Waals surface area contributed by atoms with Crippen molar-refractivity contribution in [2.45, 2.75) is 173 Å². The number of rotatable bonds is 8. The fourth-order valence-corrected chi connectivity index (χ4v) is 25.8. The van der Waals surface area contributed by atoms with Crippen LogP contribution in [-0.4, -0.2) is 0 Å². The number of hydrogen-bond acceptors (Lipinski definition) is 3. The van der Waals surface area contributed by atoms with Crippen molar-refractivity contribution in [1.29, 1.82) is 0 Å². The Bertz CT molecular complexity index is 10000. The quantitative estimate of drug-likeness (QED) is 0.142. The maximum atomic E-state index is 6.84. The second-order valence-electron chi connectivity index (χ2n) is 43.0. The summed E-state index contributed by atoms with van der Waals surface area (Å²) < 4.78 is 19.8. The van der Waals surface area contributed by atoms with Crippen LogP contribution in [0.25, 0.3) is 252 Å². The van der Waals surface area contributed by atoms with Gasteiger partial charge in [0.15, 0.2) is 0 Å². The lowest BCUT2D eigenvalue weighted by atomic mass is 9.76. The predicted octanol–water partition coefficient (Wildman–Crippen LogP) is 42.2. The van der Waals surface area contributed by atoms with Crippen molar-refractivity contribution in [2.75, 3.05) is 0 Å². The van der Waals surface area contributed by atoms with Gasteiger partial charge in [0.2, 0.25) is 0 Å². The highest BCUT2D eigenvalue weighted by Gasteiger charge is 2.33. The largest absolute Gasteiger partial charge is 0.456 e. The van der Waals surface area contributed by atoms with Gasteiger partial charge in [0.05, 0.1) is 0 Å². The Hall–Kier alpha value is -16.2. The van der Waals surface area contributed by atoms with Crippen molar-refractivity contribution in [3.63, 3.8) is 0 Å². The summed E-state index contributed by atoms with van der Waals surface area (Å²) in [5.74, 6) is 0. The molecule has 26 rings (SSSR count). The highest BCUT2D eigenvalue weighted by molar-refractivity contribution is 6.31. The summed E-state index contributed by atoms with van der Waals surface area (Å²) in [5.41, 5.74) is 59.9. The third-order valence-electron chi connectivity index (χ3n) is 35.9. The Labute approximate surface area is 868 Å². The Morgan fingerprint density at radius 1 is 0.128 bits per heavy atom. The monoisotopic (exact) mass is 1910 g/mol. The highest BCUT2D eigenvalue weighted by atomic mass is 16.3. The minimum Gasteiger partial charge on any atom is -0.456 e. The second kappa shape index (κ2) is 35.6. The van der Waals surface area contributed by atoms with Gasteiger partial charge in [0.1, 0.15) is 33.5 Å². The minimum atomic E-state index is 0.919. The Morgan fingerprint density at radius 3 is 0.676 bits per heavy atom. The zero-order valence-corrected chi connectivity index (χ0v) is 90.0. The van der Waals surface area contributed by atoms with E-state index in [4.69, 9.17) is 13.3 Å². The molecule has 3 aromatic heterocycles. The number of fused-ring (bicyclic) bond motifs is 18. The molecular formula is C145H124O3. The maximum Gasteiger partial charge on any atom is 0.143 e. The van der Waals surface area contributed by atoms with Gasteiger partial charge in [0, 0.05) is 37.9 Å². The van der Waals surface area contributed by atoms with E-state index in [2.05, 4.69) is 470 Å². The van der Waals surface area contributed by atoms with Crippen molar-refractivity contribution in [3.05, 3.63) is 436 Å². The van der Waals surface area contributed by atoms with Gasteiger partial charge in [-0.15, -0.1) is 0 Å². The normalized spacial score (nSPS) is 12.0. The van der Waals surface area contributed by atoms with Crippen LogP contribution in [0, 0.1) is 173 Å². The first kappa shape index (κ1) is 94.1. The van der Waals surface area contributed by atoms with Gasteiger partial charge in [-0.05, 0) is 571 Å². The van der Waals surface area contributed by atoms with Gasteiger partial charge < -0.3 is 13.3 Å². The molecule has 0 atom stereocenters. The van der Waals surface area contributed by atoms with Gasteiger partial charge in [-0.1, -0.05) is 218 Å². The number of aryl methyl sites for hydroxylation is 13. The lowest BCUT2D eigenvalue weighted by Gasteiger charge is -2.27. The summed E-state index contributed by atoms with van der Waals surface area (Å²) in [5, 5.41) is 30.6. The predicted molar refractivity (Wildman–Crippen MR) is 641 cm³/mol. The van der Waals surface area contributed by atoms with Crippen LogP contribution >= 0.6 is 0 Å². The van der Waals surface area contributed by atoms with Crippen molar-refractivity contribution < 1.29 is 13.3 Å². The Kier molecular flexibility index (Phi) is 22.6. The van der Waals surface area contributed by atoms with Crippen molar-refractivity contribution in [3.8, 4) is 89.0 Å². The average molecular weight is 1910 g/mol. The molecular weight excluding hydrogens is 1790 g/mol. The van der Waals surface area contributed by atoms with E-state index in [-0.39, 0.29) is 0 Å². The van der Waals surface area contributed by atoms with E-state index in [1.165, 1.54) is 319 Å². The lowest BCUT2D eigenvalue weighted by Crippen LogP contribution is -2.03. The molecule has 23 aromatic carbocycles. The summed E-state index contributed by atoms with van der Waals surface area (Å²) in [6.45, 7) is 57.8. The summed E-state index contributed by atoms with van der Waals surface area (Å²) >= 11 is 0. The molecule has 0 bridgehead atoms. The van der Waals surface area contributed by atoms with Crippen LogP contribution in [0.5, 0.6) is 0 Å². The van der Waals surface area contributed by atoms with E-state index in [1.807, 2.05) is 0 Å². The third-order valence-corrected chi connectivity index (χ3v) is 35.9. The van der Waals surface area contributed by atoms with Crippen LogP contribution in [0.15, 0.2) is 311 Å². The van der Waals surface area contributed by atoms with E-state index in [1.54, 1.807) is 0 Å². The molecule has 0 spiro atoms. The standard InChI is InChI=1S/2C50H42O.C45H40O/c1-27-29(3)33(7)46-44(31(27)5)48(36-19-13-10-14-20-36)45-32(6)28(2)30(4)34(8)47(45)49(46)39-24-40(35-17-11-9-12-18-35)50-42(25-39)41-23-37-21-15-16-22-38(37)26-43(41)51-50;1-27-29(3)33(7)47-45(31(27)5)49(35-15-10-9-11-16-35)46-32(6)28(2)30(4)34(8)48(46)50(47)40-20-14-19-36(23-40)39-21-22-43-41(25-39)42-24-37-17-12-13-18-38(37)26-44(42)51-43;1-23-19-35(21-37-36-20-33-17-13-14-18-34(33)22-38(36)46-45(23)37)44-41-30(8)26(4)24(2)28(6)39(41)43(32-15-11-10-12-16-32)40-29(7)25(3)27(5)31(9)42(40)44/h2*9-26H,1-8H3;10-22H,1-9H3. The lowest BCUT2D eigenvalue weighted by molar-refractivity contribution is 0.666. The first-order valence-electron chi connectivity index (χ1n) is 52.7. The van der Waals surface area contributed by atoms with E-state index in [0.29, 0.717) is 0 Å². The minimum absolute atomic E-state index is 0.919. The molecule has 0 saturated carbocycles. The molecule has 148 heavy (non-hydrogen) atoms. The molecule has 0 radical (unpaired) electrons. The van der Waals surface area contributed by atoms with E-state index in [0.717, 1.165) is 71.7 Å². The average Bonchev–Trinajstić information content (AvgIpc) is 0.831. The van der Waals surface area contributed by atoms with Crippen LogP contribution in [0.2, 0.25) is 0 Å². The third kappa shape index (κ3) is 14.3. The second-order valence-corrected chi connectivity index (χ2v) is 43.0. The molecule has 3 nitrogen and oxygen atoms in total. The first-order valence-corrected chi connectivity index (χ1v) is 52.7. The molecule has 0 saturated heterocycles. The van der Waals surface area contributed by atoms with Crippen LogP contribution in [0.4, 0.5) is 0 Å². The van der Waals surface area contributed by atoms with Gasteiger partial charge in [-0.25, -0.2) is 0 Å².